The van der Waals surface area contributed by atoms with E-state index in [4.69, 9.17) is 10.5 Å². The van der Waals surface area contributed by atoms with Crippen molar-refractivity contribution in [2.24, 2.45) is 5.92 Å². The zero-order valence-corrected chi connectivity index (χ0v) is 9.93. The number of pyridine rings is 1. The Hall–Kier alpha value is -1.42. The molecule has 0 amide bonds. The van der Waals surface area contributed by atoms with E-state index in [-0.39, 0.29) is 24.2 Å². The van der Waals surface area contributed by atoms with Crippen LogP contribution in [0.4, 0.5) is 5.69 Å². The van der Waals surface area contributed by atoms with Gasteiger partial charge in [-0.2, -0.15) is 0 Å². The maximum Gasteiger partial charge on any atom is 0.166 e. The predicted octanol–water partition coefficient (Wildman–Crippen LogP) is 1.45. The van der Waals surface area contributed by atoms with E-state index in [2.05, 4.69) is 4.98 Å². The van der Waals surface area contributed by atoms with Gasteiger partial charge in [-0.1, -0.05) is 13.8 Å². The lowest BCUT2D eigenvalue weighted by atomic mass is 9.98. The van der Waals surface area contributed by atoms with E-state index in [0.717, 1.165) is 5.56 Å². The molecule has 1 aromatic heterocycles. The Morgan fingerprint density at radius 2 is 2.25 bits per heavy atom. The van der Waals surface area contributed by atoms with Crippen LogP contribution in [0.15, 0.2) is 18.5 Å². The molecule has 1 heterocycles. The average molecular weight is 222 g/mol. The molecule has 0 aromatic carbocycles. The lowest BCUT2D eigenvalue weighted by Crippen LogP contribution is -2.30. The number of nitrogen functional groups attached to an aromatic ring is 1. The summed E-state index contributed by atoms with van der Waals surface area (Å²) in [5.41, 5.74) is 7.11. The lowest BCUT2D eigenvalue weighted by molar-refractivity contribution is -0.130. The second-order valence-electron chi connectivity index (χ2n) is 4.12. The molecule has 1 unspecified atom stereocenters. The molecular formula is C12H18N2O2. The van der Waals surface area contributed by atoms with Gasteiger partial charge in [-0.05, 0) is 12.0 Å². The first-order valence-corrected chi connectivity index (χ1v) is 5.30. The quantitative estimate of drug-likeness (QED) is 0.818. The summed E-state index contributed by atoms with van der Waals surface area (Å²) < 4.78 is 5.17. The van der Waals surface area contributed by atoms with Gasteiger partial charge in [0.1, 0.15) is 6.10 Å². The van der Waals surface area contributed by atoms with Crippen LogP contribution in [0.5, 0.6) is 0 Å². The number of aromatic nitrogens is 1. The largest absolute Gasteiger partial charge is 0.398 e. The van der Waals surface area contributed by atoms with Gasteiger partial charge < -0.3 is 10.5 Å². The molecule has 0 aliphatic rings. The molecule has 16 heavy (non-hydrogen) atoms. The maximum atomic E-state index is 11.9. The number of methoxy groups -OCH3 is 1. The fourth-order valence-electron chi connectivity index (χ4n) is 1.65. The van der Waals surface area contributed by atoms with Crippen molar-refractivity contribution in [3.8, 4) is 0 Å². The number of anilines is 1. The minimum absolute atomic E-state index is 0.0391. The number of hydrogen-bond acceptors (Lipinski definition) is 4. The molecule has 4 nitrogen and oxygen atoms in total. The van der Waals surface area contributed by atoms with Crippen LogP contribution in [0.2, 0.25) is 0 Å². The van der Waals surface area contributed by atoms with E-state index >= 15 is 0 Å². The van der Waals surface area contributed by atoms with Crippen molar-refractivity contribution in [1.82, 2.24) is 4.98 Å². The SMILES string of the molecule is COC(C(=O)Cc1cnccc1N)C(C)C. The first-order chi connectivity index (χ1) is 7.56. The Kier molecular flexibility index (Phi) is 4.43. The number of ether oxygens (including phenoxy) is 1. The van der Waals surface area contributed by atoms with E-state index in [1.54, 1.807) is 25.6 Å². The van der Waals surface area contributed by atoms with E-state index < -0.39 is 0 Å². The monoisotopic (exact) mass is 222 g/mol. The van der Waals surface area contributed by atoms with Crippen LogP contribution in [-0.4, -0.2) is 24.0 Å². The van der Waals surface area contributed by atoms with Crippen molar-refractivity contribution in [2.75, 3.05) is 12.8 Å². The molecule has 0 radical (unpaired) electrons. The number of carbonyl (C=O) groups is 1. The summed E-state index contributed by atoms with van der Waals surface area (Å²) in [6, 6.07) is 1.69. The molecule has 0 fully saturated rings. The summed E-state index contributed by atoms with van der Waals surface area (Å²) >= 11 is 0. The van der Waals surface area contributed by atoms with Gasteiger partial charge in [0, 0.05) is 37.2 Å². The van der Waals surface area contributed by atoms with Crippen LogP contribution in [0.25, 0.3) is 0 Å². The molecule has 0 bridgehead atoms. The van der Waals surface area contributed by atoms with Gasteiger partial charge in [-0.3, -0.25) is 9.78 Å². The third kappa shape index (κ3) is 3.03. The van der Waals surface area contributed by atoms with Crippen molar-refractivity contribution in [3.05, 3.63) is 24.0 Å². The highest BCUT2D eigenvalue weighted by molar-refractivity contribution is 5.86. The summed E-state index contributed by atoms with van der Waals surface area (Å²) in [5, 5.41) is 0. The Bertz CT molecular complexity index is 364. The minimum Gasteiger partial charge on any atom is -0.398 e. The van der Waals surface area contributed by atoms with Gasteiger partial charge in [-0.15, -0.1) is 0 Å². The van der Waals surface area contributed by atoms with Crippen LogP contribution in [0.3, 0.4) is 0 Å². The van der Waals surface area contributed by atoms with Crippen molar-refractivity contribution >= 4 is 11.5 Å². The van der Waals surface area contributed by atoms with E-state index in [1.165, 1.54) is 0 Å². The van der Waals surface area contributed by atoms with Crippen molar-refractivity contribution in [3.63, 3.8) is 0 Å². The third-order valence-corrected chi connectivity index (χ3v) is 2.48. The molecule has 88 valence electrons. The number of carbonyl (C=O) groups excluding carboxylic acids is 1. The molecule has 0 spiro atoms. The molecule has 0 saturated heterocycles. The molecule has 0 saturated carbocycles. The van der Waals surface area contributed by atoms with Gasteiger partial charge in [0.25, 0.3) is 0 Å². The first-order valence-electron chi connectivity index (χ1n) is 5.30. The zero-order valence-electron chi connectivity index (χ0n) is 9.93. The number of nitrogens with two attached hydrogens (primary N) is 1. The van der Waals surface area contributed by atoms with E-state index in [9.17, 15) is 4.79 Å². The Morgan fingerprint density at radius 3 is 2.75 bits per heavy atom. The average Bonchev–Trinajstić information content (AvgIpc) is 2.22. The Labute approximate surface area is 95.8 Å². The molecule has 1 aromatic rings. The summed E-state index contributed by atoms with van der Waals surface area (Å²) in [6.07, 6.45) is 3.13. The highest BCUT2D eigenvalue weighted by Gasteiger charge is 2.22. The number of ketones is 1. The van der Waals surface area contributed by atoms with Crippen LogP contribution in [0.1, 0.15) is 19.4 Å². The molecule has 2 N–H and O–H groups in total. The maximum absolute atomic E-state index is 11.9. The Balaban J connectivity index is 2.74. The van der Waals surface area contributed by atoms with Crippen molar-refractivity contribution < 1.29 is 9.53 Å². The molecule has 4 heteroatoms. The summed E-state index contributed by atoms with van der Waals surface area (Å²) in [4.78, 5) is 15.9. The highest BCUT2D eigenvalue weighted by atomic mass is 16.5. The van der Waals surface area contributed by atoms with Gasteiger partial charge in [0.2, 0.25) is 0 Å². The van der Waals surface area contributed by atoms with Crippen LogP contribution in [-0.2, 0) is 16.0 Å². The normalized spacial score (nSPS) is 12.8. The molecule has 1 atom stereocenters. The fourth-order valence-corrected chi connectivity index (χ4v) is 1.65. The van der Waals surface area contributed by atoms with Crippen molar-refractivity contribution in [2.45, 2.75) is 26.4 Å². The zero-order chi connectivity index (χ0) is 12.1. The first kappa shape index (κ1) is 12.6. The second-order valence-corrected chi connectivity index (χ2v) is 4.12. The number of hydrogen-bond donors (Lipinski definition) is 1. The Morgan fingerprint density at radius 1 is 1.56 bits per heavy atom. The molecule has 0 aliphatic carbocycles. The number of nitrogens with zero attached hydrogens (tertiary/aromatic N) is 1. The van der Waals surface area contributed by atoms with Crippen LogP contribution >= 0.6 is 0 Å². The van der Waals surface area contributed by atoms with Gasteiger partial charge in [0.15, 0.2) is 5.78 Å². The minimum atomic E-state index is -0.375. The second kappa shape index (κ2) is 5.61. The number of rotatable bonds is 5. The smallest absolute Gasteiger partial charge is 0.166 e. The summed E-state index contributed by atoms with van der Waals surface area (Å²) in [6.45, 7) is 3.91. The third-order valence-electron chi connectivity index (χ3n) is 2.48. The lowest BCUT2D eigenvalue weighted by Gasteiger charge is -2.17. The predicted molar refractivity (Wildman–Crippen MR) is 63.0 cm³/mol. The summed E-state index contributed by atoms with van der Waals surface area (Å²) in [5.74, 6) is 0.201. The topological polar surface area (TPSA) is 65.2 Å². The standard InChI is InChI=1S/C12H18N2O2/c1-8(2)12(16-3)11(15)6-9-7-14-5-4-10(9)13/h4-5,7-8,12H,6H2,1-3H3,(H2,13,14). The highest BCUT2D eigenvalue weighted by Crippen LogP contribution is 2.14. The van der Waals surface area contributed by atoms with Gasteiger partial charge >= 0.3 is 0 Å². The van der Waals surface area contributed by atoms with E-state index in [1.807, 2.05) is 13.8 Å². The molecule has 1 rings (SSSR count). The summed E-state index contributed by atoms with van der Waals surface area (Å²) in [7, 11) is 1.55. The van der Waals surface area contributed by atoms with Gasteiger partial charge in [-0.25, -0.2) is 0 Å². The van der Waals surface area contributed by atoms with Gasteiger partial charge in [0.05, 0.1) is 0 Å². The molecule has 0 aliphatic heterocycles. The van der Waals surface area contributed by atoms with Crippen LogP contribution < -0.4 is 5.73 Å². The fraction of sp³-hybridized carbons (Fsp3) is 0.500. The van der Waals surface area contributed by atoms with E-state index in [0.29, 0.717) is 5.69 Å². The van der Waals surface area contributed by atoms with Crippen molar-refractivity contribution in [1.29, 1.82) is 0 Å². The van der Waals surface area contributed by atoms with Crippen LogP contribution in [0, 0.1) is 5.92 Å². The molecular weight excluding hydrogens is 204 g/mol. The number of Topliss-reactive ketones (excluding diaryl/α,β-unsaturated/α-hetero) is 1.